The number of likely N-dealkylation sites (N-methyl/N-ethyl adjacent to an activating group) is 1. The molecule has 0 radical (unpaired) electrons. The van der Waals surface area contributed by atoms with Crippen molar-refractivity contribution in [3.63, 3.8) is 0 Å². The Bertz CT molecular complexity index is 1240. The van der Waals surface area contributed by atoms with Crippen LogP contribution in [0, 0.1) is 0 Å². The number of morpholine rings is 1. The Morgan fingerprint density at radius 2 is 1.92 bits per heavy atom. The summed E-state index contributed by atoms with van der Waals surface area (Å²) in [6, 6.07) is 2.20. The van der Waals surface area contributed by atoms with Gasteiger partial charge in [-0.25, -0.2) is 15.0 Å². The van der Waals surface area contributed by atoms with Crippen LogP contribution in [0.15, 0.2) is 23.7 Å². The zero-order valence-electron chi connectivity index (χ0n) is 20.4. The molecule has 10 nitrogen and oxygen atoms in total. The van der Waals surface area contributed by atoms with Crippen LogP contribution >= 0.6 is 11.3 Å². The number of nitrogens with zero attached hydrogens (tertiary/aromatic N) is 6. The molecule has 14 heteroatoms. The van der Waals surface area contributed by atoms with Gasteiger partial charge in [0.25, 0.3) is 0 Å². The maximum absolute atomic E-state index is 13.8. The largest absolute Gasteiger partial charge is 0.417 e. The minimum absolute atomic E-state index is 0.0312. The van der Waals surface area contributed by atoms with E-state index in [1.165, 1.54) is 17.4 Å². The lowest BCUT2D eigenvalue weighted by Gasteiger charge is -2.27. The maximum atomic E-state index is 13.8. The quantitative estimate of drug-likeness (QED) is 0.445. The SMILES string of the molecule is CCN(CC)C(=O)Cc1csc(Nc2cc(-c3cnc(N)cc3C(F)(F)F)nc(N3CCOCC3)n2)n1. The van der Waals surface area contributed by atoms with Gasteiger partial charge in [-0.15, -0.1) is 11.3 Å². The first-order chi connectivity index (χ1) is 17.7. The van der Waals surface area contributed by atoms with Crippen LogP contribution < -0.4 is 16.0 Å². The number of pyridine rings is 1. The van der Waals surface area contributed by atoms with E-state index in [9.17, 15) is 18.0 Å². The Kier molecular flexibility index (Phi) is 8.07. The number of anilines is 4. The summed E-state index contributed by atoms with van der Waals surface area (Å²) >= 11 is 1.27. The average Bonchev–Trinajstić information content (AvgIpc) is 3.31. The lowest BCUT2D eigenvalue weighted by Crippen LogP contribution is -2.37. The summed E-state index contributed by atoms with van der Waals surface area (Å²) in [6.07, 6.45) is -3.45. The second-order valence-electron chi connectivity index (χ2n) is 8.20. The fraction of sp³-hybridized carbons (Fsp3) is 0.435. The van der Waals surface area contributed by atoms with Crippen LogP contribution in [0.2, 0.25) is 0 Å². The number of hydrogen-bond acceptors (Lipinski definition) is 10. The highest BCUT2D eigenvalue weighted by atomic mass is 32.1. The zero-order valence-corrected chi connectivity index (χ0v) is 21.2. The summed E-state index contributed by atoms with van der Waals surface area (Å²) in [5.41, 5.74) is 5.01. The van der Waals surface area contributed by atoms with Gasteiger partial charge in [0, 0.05) is 49.4 Å². The fourth-order valence-electron chi connectivity index (χ4n) is 3.85. The molecule has 37 heavy (non-hydrogen) atoms. The molecule has 3 aromatic heterocycles. The number of carbonyl (C=O) groups excluding carboxylic acids is 1. The summed E-state index contributed by atoms with van der Waals surface area (Å²) in [5, 5.41) is 5.28. The Morgan fingerprint density at radius 1 is 1.19 bits per heavy atom. The van der Waals surface area contributed by atoms with Gasteiger partial charge in [-0.05, 0) is 19.9 Å². The van der Waals surface area contributed by atoms with Crippen molar-refractivity contribution >= 4 is 40.0 Å². The van der Waals surface area contributed by atoms with Crippen molar-refractivity contribution in [2.24, 2.45) is 0 Å². The molecule has 1 fully saturated rings. The number of nitrogens with one attached hydrogen (secondary N) is 1. The summed E-state index contributed by atoms with van der Waals surface area (Å²) < 4.78 is 46.9. The number of halogens is 3. The van der Waals surface area contributed by atoms with E-state index in [2.05, 4.69) is 25.3 Å². The Balaban J connectivity index is 1.68. The second-order valence-corrected chi connectivity index (χ2v) is 9.06. The van der Waals surface area contributed by atoms with Gasteiger partial charge in [0.2, 0.25) is 11.9 Å². The molecule has 1 amide bonds. The normalized spacial score (nSPS) is 14.0. The molecule has 0 unspecified atom stereocenters. The molecule has 0 aliphatic carbocycles. The number of amides is 1. The Labute approximate surface area is 215 Å². The van der Waals surface area contributed by atoms with Crippen LogP contribution in [0.3, 0.4) is 0 Å². The van der Waals surface area contributed by atoms with E-state index in [-0.39, 0.29) is 41.2 Å². The smallest absolute Gasteiger partial charge is 0.384 e. The Hall–Kier alpha value is -3.52. The lowest BCUT2D eigenvalue weighted by atomic mass is 10.1. The monoisotopic (exact) mass is 536 g/mol. The van der Waals surface area contributed by atoms with Crippen molar-refractivity contribution in [2.75, 3.05) is 55.3 Å². The van der Waals surface area contributed by atoms with Crippen LogP contribution in [0.5, 0.6) is 0 Å². The molecule has 3 N–H and O–H groups in total. The van der Waals surface area contributed by atoms with Crippen LogP contribution in [0.1, 0.15) is 25.1 Å². The number of ether oxygens (including phenoxy) is 1. The van der Waals surface area contributed by atoms with Crippen LogP contribution in [-0.2, 0) is 22.1 Å². The molecule has 4 heterocycles. The predicted molar refractivity (Wildman–Crippen MR) is 135 cm³/mol. The summed E-state index contributed by atoms with van der Waals surface area (Å²) in [6.45, 7) is 6.92. The first-order valence-corrected chi connectivity index (χ1v) is 12.6. The highest BCUT2D eigenvalue weighted by Crippen LogP contribution is 2.38. The molecular weight excluding hydrogens is 509 g/mol. The molecule has 1 aliphatic rings. The van der Waals surface area contributed by atoms with Gasteiger partial charge < -0.3 is 25.6 Å². The number of carbonyl (C=O) groups is 1. The minimum Gasteiger partial charge on any atom is -0.384 e. The third kappa shape index (κ3) is 6.43. The first-order valence-electron chi connectivity index (χ1n) is 11.7. The number of nitrogens with two attached hydrogens (primary N) is 1. The van der Waals surface area contributed by atoms with Crippen LogP contribution in [0.25, 0.3) is 11.3 Å². The zero-order chi connectivity index (χ0) is 26.6. The maximum Gasteiger partial charge on any atom is 0.417 e. The number of nitrogen functional groups attached to an aromatic ring is 1. The van der Waals surface area contributed by atoms with Crippen molar-refractivity contribution in [3.8, 4) is 11.3 Å². The summed E-state index contributed by atoms with van der Waals surface area (Å²) in [4.78, 5) is 33.3. The molecule has 1 saturated heterocycles. The van der Waals surface area contributed by atoms with Gasteiger partial charge in [-0.1, -0.05) is 0 Å². The standard InChI is InChI=1S/C23H27F3N8O2S/c1-3-33(4-2)20(35)9-14-13-37-22(29-14)32-19-11-17(30-21(31-19)34-5-7-36-8-6-34)15-12-28-18(27)10-16(15)23(24,25)26/h10-13H,3-9H2,1-2H3,(H2,27,28)(H,29,30,31,32). The second kappa shape index (κ2) is 11.3. The topological polar surface area (TPSA) is 122 Å². The van der Waals surface area contributed by atoms with E-state index in [4.69, 9.17) is 10.5 Å². The van der Waals surface area contributed by atoms with E-state index < -0.39 is 11.7 Å². The molecule has 4 rings (SSSR count). The van der Waals surface area contributed by atoms with Gasteiger partial charge in [0.05, 0.1) is 36.6 Å². The van der Waals surface area contributed by atoms with Crippen molar-refractivity contribution < 1.29 is 22.7 Å². The van der Waals surface area contributed by atoms with Crippen LogP contribution in [-0.4, -0.2) is 70.1 Å². The number of aromatic nitrogens is 4. The molecule has 198 valence electrons. The van der Waals surface area contributed by atoms with Crippen LogP contribution in [0.4, 0.5) is 35.9 Å². The molecule has 0 saturated carbocycles. The fourth-order valence-corrected chi connectivity index (χ4v) is 4.57. The van der Waals surface area contributed by atoms with Crippen molar-refractivity contribution in [1.82, 2.24) is 24.8 Å². The third-order valence-corrected chi connectivity index (χ3v) is 6.56. The van der Waals surface area contributed by atoms with Crippen molar-refractivity contribution in [3.05, 3.63) is 35.0 Å². The van der Waals surface area contributed by atoms with E-state index in [1.807, 2.05) is 18.7 Å². The molecule has 0 aromatic carbocycles. The lowest BCUT2D eigenvalue weighted by molar-refractivity contribution is -0.137. The van der Waals surface area contributed by atoms with E-state index >= 15 is 0 Å². The molecule has 0 spiro atoms. The van der Waals surface area contributed by atoms with Gasteiger partial charge in [-0.3, -0.25) is 4.79 Å². The first kappa shape index (κ1) is 26.5. The summed E-state index contributed by atoms with van der Waals surface area (Å²) in [5.74, 6) is 0.233. The molecule has 0 bridgehead atoms. The highest BCUT2D eigenvalue weighted by molar-refractivity contribution is 7.13. The highest BCUT2D eigenvalue weighted by Gasteiger charge is 2.35. The summed E-state index contributed by atoms with van der Waals surface area (Å²) in [7, 11) is 0. The molecular formula is C23H27F3N8O2S. The number of thiazole rings is 1. The number of hydrogen-bond donors (Lipinski definition) is 2. The number of rotatable bonds is 8. The van der Waals surface area contributed by atoms with Gasteiger partial charge in [0.15, 0.2) is 5.13 Å². The van der Waals surface area contributed by atoms with E-state index in [0.717, 1.165) is 12.3 Å². The van der Waals surface area contributed by atoms with Crippen molar-refractivity contribution in [1.29, 1.82) is 0 Å². The van der Waals surface area contributed by atoms with Gasteiger partial charge in [-0.2, -0.15) is 18.2 Å². The molecule has 1 aliphatic heterocycles. The predicted octanol–water partition coefficient (Wildman–Crippen LogP) is 3.59. The van der Waals surface area contributed by atoms with E-state index in [1.54, 1.807) is 10.3 Å². The molecule has 0 atom stereocenters. The van der Waals surface area contributed by atoms with Crippen molar-refractivity contribution in [2.45, 2.75) is 26.4 Å². The van der Waals surface area contributed by atoms with Gasteiger partial charge in [0.1, 0.15) is 11.6 Å². The minimum atomic E-state index is -4.66. The third-order valence-electron chi connectivity index (χ3n) is 5.75. The average molecular weight is 537 g/mol. The molecule has 3 aromatic rings. The number of alkyl halides is 3. The van der Waals surface area contributed by atoms with E-state index in [0.29, 0.717) is 50.2 Å². The Morgan fingerprint density at radius 3 is 2.59 bits per heavy atom. The van der Waals surface area contributed by atoms with Gasteiger partial charge >= 0.3 is 6.18 Å².